The fraction of sp³-hybridized carbons (Fsp3) is 0.818. The van der Waals surface area contributed by atoms with Gasteiger partial charge in [-0.1, -0.05) is 117 Å². The second-order valence-electron chi connectivity index (χ2n) is 10.9. The van der Waals surface area contributed by atoms with Crippen LogP contribution in [-0.2, 0) is 19.3 Å². The van der Waals surface area contributed by atoms with Gasteiger partial charge >= 0.3 is 0 Å². The zero-order valence-electron chi connectivity index (χ0n) is 23.8. The molecule has 0 aliphatic carbocycles. The minimum Gasteiger partial charge on any atom is -0.0654 e. The molecule has 0 aliphatic heterocycles. The largest absolute Gasteiger partial charge is 0.0654 e. The minimum absolute atomic E-state index is 1.31. The van der Waals surface area contributed by atoms with Crippen LogP contribution in [0.4, 0.5) is 0 Å². The SMILES string of the molecule is CCCCCCCCc1c(C)c(C)c(C)c(CCCCCCCC)c1CCCCCCCC. The molecule has 0 saturated heterocycles. The van der Waals surface area contributed by atoms with Crippen molar-refractivity contribution in [2.24, 2.45) is 0 Å². The van der Waals surface area contributed by atoms with E-state index < -0.39 is 0 Å². The first-order valence-corrected chi connectivity index (χ1v) is 15.2. The van der Waals surface area contributed by atoms with Crippen molar-refractivity contribution in [1.29, 1.82) is 0 Å². The summed E-state index contributed by atoms with van der Waals surface area (Å²) >= 11 is 0. The molecule has 0 nitrogen and oxygen atoms in total. The fourth-order valence-electron chi connectivity index (χ4n) is 5.59. The summed E-state index contributed by atoms with van der Waals surface area (Å²) in [5, 5.41) is 0. The van der Waals surface area contributed by atoms with E-state index in [1.807, 2.05) is 0 Å². The van der Waals surface area contributed by atoms with Crippen molar-refractivity contribution in [3.63, 3.8) is 0 Å². The predicted octanol–water partition coefficient (Wildman–Crippen LogP) is 11.3. The lowest BCUT2D eigenvalue weighted by Gasteiger charge is -2.23. The van der Waals surface area contributed by atoms with Gasteiger partial charge in [0.15, 0.2) is 0 Å². The van der Waals surface area contributed by atoms with Crippen LogP contribution in [0.15, 0.2) is 0 Å². The molecule has 1 aromatic carbocycles. The lowest BCUT2D eigenvalue weighted by Crippen LogP contribution is -2.09. The van der Waals surface area contributed by atoms with E-state index in [1.54, 1.807) is 33.4 Å². The van der Waals surface area contributed by atoms with E-state index in [1.165, 1.54) is 135 Å². The van der Waals surface area contributed by atoms with Gasteiger partial charge in [0.2, 0.25) is 0 Å². The van der Waals surface area contributed by atoms with E-state index in [2.05, 4.69) is 41.5 Å². The van der Waals surface area contributed by atoms with Gasteiger partial charge in [0.05, 0.1) is 0 Å². The maximum absolute atomic E-state index is 2.42. The van der Waals surface area contributed by atoms with Gasteiger partial charge in [0.1, 0.15) is 0 Å². The third-order valence-corrected chi connectivity index (χ3v) is 8.10. The Morgan fingerprint density at radius 1 is 0.303 bits per heavy atom. The van der Waals surface area contributed by atoms with Crippen molar-refractivity contribution in [1.82, 2.24) is 0 Å². The lowest BCUT2D eigenvalue weighted by atomic mass is 9.82. The second-order valence-corrected chi connectivity index (χ2v) is 10.9. The zero-order valence-corrected chi connectivity index (χ0v) is 23.8. The minimum atomic E-state index is 1.31. The van der Waals surface area contributed by atoms with E-state index in [4.69, 9.17) is 0 Å². The van der Waals surface area contributed by atoms with Crippen LogP contribution in [0.25, 0.3) is 0 Å². The van der Waals surface area contributed by atoms with Crippen LogP contribution in [-0.4, -0.2) is 0 Å². The van der Waals surface area contributed by atoms with E-state index in [-0.39, 0.29) is 0 Å². The summed E-state index contributed by atoms with van der Waals surface area (Å²) in [5.41, 5.74) is 10.1. The monoisotopic (exact) mass is 456 g/mol. The number of rotatable bonds is 21. The molecule has 1 aromatic rings. The standard InChI is InChI=1S/C33H60/c1-7-10-13-16-19-22-25-31-29(5)28(4)30(6)32(26-23-20-17-14-11-8-2)33(31)27-24-21-18-15-12-9-3/h7-27H2,1-6H3. The number of hydrogen-bond donors (Lipinski definition) is 0. The molecule has 0 bridgehead atoms. The smallest absolute Gasteiger partial charge is 0.0273 e. The van der Waals surface area contributed by atoms with Gasteiger partial charge in [-0.2, -0.15) is 0 Å². The van der Waals surface area contributed by atoms with Crippen LogP contribution in [0, 0.1) is 20.8 Å². The topological polar surface area (TPSA) is 0 Å². The molecule has 192 valence electrons. The summed E-state index contributed by atoms with van der Waals surface area (Å²) in [5.74, 6) is 0. The Balaban J connectivity index is 2.90. The van der Waals surface area contributed by atoms with Gasteiger partial charge in [-0.15, -0.1) is 0 Å². The van der Waals surface area contributed by atoms with Gasteiger partial charge < -0.3 is 0 Å². The average Bonchev–Trinajstić information content (AvgIpc) is 2.82. The molecule has 0 saturated carbocycles. The second kappa shape index (κ2) is 19.5. The van der Waals surface area contributed by atoms with E-state index in [0.717, 1.165) is 0 Å². The van der Waals surface area contributed by atoms with Crippen molar-refractivity contribution in [2.75, 3.05) is 0 Å². The molecule has 33 heavy (non-hydrogen) atoms. The molecule has 0 radical (unpaired) electrons. The van der Waals surface area contributed by atoms with Crippen LogP contribution in [0.2, 0.25) is 0 Å². The van der Waals surface area contributed by atoms with Gasteiger partial charge in [0, 0.05) is 0 Å². The number of hydrogen-bond acceptors (Lipinski definition) is 0. The first-order chi connectivity index (χ1) is 16.1. The Hall–Kier alpha value is -0.780. The van der Waals surface area contributed by atoms with Crippen LogP contribution >= 0.6 is 0 Å². The van der Waals surface area contributed by atoms with E-state index in [9.17, 15) is 0 Å². The van der Waals surface area contributed by atoms with Crippen molar-refractivity contribution >= 4 is 0 Å². The third-order valence-electron chi connectivity index (χ3n) is 8.10. The molecule has 0 amide bonds. The van der Waals surface area contributed by atoms with Gasteiger partial charge in [-0.3, -0.25) is 0 Å². The highest BCUT2D eigenvalue weighted by Gasteiger charge is 2.17. The Morgan fingerprint density at radius 2 is 0.576 bits per heavy atom. The van der Waals surface area contributed by atoms with Crippen LogP contribution in [0.5, 0.6) is 0 Å². The lowest BCUT2D eigenvalue weighted by molar-refractivity contribution is 0.591. The predicted molar refractivity (Wildman–Crippen MR) is 152 cm³/mol. The van der Waals surface area contributed by atoms with Crippen molar-refractivity contribution < 1.29 is 0 Å². The quantitative estimate of drug-likeness (QED) is 0.161. The molecule has 0 N–H and O–H groups in total. The van der Waals surface area contributed by atoms with Crippen molar-refractivity contribution in [2.45, 2.75) is 176 Å². The fourth-order valence-corrected chi connectivity index (χ4v) is 5.59. The zero-order chi connectivity index (χ0) is 24.3. The summed E-state index contributed by atoms with van der Waals surface area (Å²) in [4.78, 5) is 0. The van der Waals surface area contributed by atoms with Crippen LogP contribution in [0.1, 0.15) is 170 Å². The Morgan fingerprint density at radius 3 is 0.909 bits per heavy atom. The van der Waals surface area contributed by atoms with Gasteiger partial charge in [0.25, 0.3) is 0 Å². The van der Waals surface area contributed by atoms with Crippen molar-refractivity contribution in [3.8, 4) is 0 Å². The first kappa shape index (κ1) is 30.3. The summed E-state index contributed by atoms with van der Waals surface area (Å²) in [7, 11) is 0. The Labute approximate surface area is 209 Å². The maximum atomic E-state index is 2.42. The van der Waals surface area contributed by atoms with Crippen molar-refractivity contribution in [3.05, 3.63) is 33.4 Å². The molecule has 0 aliphatic rings. The van der Waals surface area contributed by atoms with Gasteiger partial charge in [-0.05, 0) is 92.7 Å². The normalized spacial score (nSPS) is 11.5. The summed E-state index contributed by atoms with van der Waals surface area (Å²) < 4.78 is 0. The summed E-state index contributed by atoms with van der Waals surface area (Å²) in [6.45, 7) is 14.2. The number of unbranched alkanes of at least 4 members (excludes halogenated alkanes) is 15. The molecule has 0 aromatic heterocycles. The Bertz CT molecular complexity index is 566. The molecule has 0 fully saturated rings. The highest BCUT2D eigenvalue weighted by Crippen LogP contribution is 2.31. The van der Waals surface area contributed by atoms with E-state index in [0.29, 0.717) is 0 Å². The molecule has 0 unspecified atom stereocenters. The summed E-state index contributed by atoms with van der Waals surface area (Å²) in [6, 6.07) is 0. The highest BCUT2D eigenvalue weighted by molar-refractivity contribution is 5.51. The molecule has 0 heteroatoms. The van der Waals surface area contributed by atoms with E-state index >= 15 is 0 Å². The van der Waals surface area contributed by atoms with Crippen LogP contribution < -0.4 is 0 Å². The van der Waals surface area contributed by atoms with Gasteiger partial charge in [-0.25, -0.2) is 0 Å². The molecule has 0 atom stereocenters. The average molecular weight is 457 g/mol. The maximum Gasteiger partial charge on any atom is -0.0273 e. The van der Waals surface area contributed by atoms with Crippen LogP contribution in [0.3, 0.4) is 0 Å². The molecule has 0 heterocycles. The highest BCUT2D eigenvalue weighted by atomic mass is 14.2. The molecular weight excluding hydrogens is 396 g/mol. The molecule has 1 rings (SSSR count). The molecule has 0 spiro atoms. The number of benzene rings is 1. The Kier molecular flexibility index (Phi) is 17.9. The molecular formula is C33H60. The first-order valence-electron chi connectivity index (χ1n) is 15.2. The summed E-state index contributed by atoms with van der Waals surface area (Å²) in [6.07, 6.45) is 29.2. The third kappa shape index (κ3) is 12.0.